The second-order valence-electron chi connectivity index (χ2n) is 6.42. The molecule has 1 aliphatic rings. The molecule has 1 aromatic carbocycles. The quantitative estimate of drug-likeness (QED) is 0.637. The molecule has 2 rings (SSSR count). The Balaban J connectivity index is 0.00000338. The number of amides is 2. The summed E-state index contributed by atoms with van der Waals surface area (Å²) in [6.07, 6.45) is 1.49. The summed E-state index contributed by atoms with van der Waals surface area (Å²) >= 11 is 0. The number of hydrogen-bond donors (Lipinski definition) is 3. The molecule has 3 N–H and O–H groups in total. The molecule has 0 saturated carbocycles. The zero-order valence-corrected chi connectivity index (χ0v) is 16.6. The van der Waals surface area contributed by atoms with Crippen LogP contribution in [0.1, 0.15) is 25.3 Å². The van der Waals surface area contributed by atoms with Gasteiger partial charge >= 0.3 is 0 Å². The summed E-state index contributed by atoms with van der Waals surface area (Å²) in [4.78, 5) is 24.9. The second-order valence-corrected chi connectivity index (χ2v) is 8.74. The topological polar surface area (TPSA) is 104 Å². The molecule has 2 amide bonds. The van der Waals surface area contributed by atoms with Crippen LogP contribution in [0, 0.1) is 0 Å². The number of piperidine rings is 1. The van der Waals surface area contributed by atoms with Crippen molar-refractivity contribution < 1.29 is 18.0 Å². The Morgan fingerprint density at radius 1 is 1.19 bits per heavy atom. The van der Waals surface area contributed by atoms with Gasteiger partial charge in [-0.05, 0) is 38.4 Å². The summed E-state index contributed by atoms with van der Waals surface area (Å²) in [5, 5.41) is 8.38. The first-order chi connectivity index (χ1) is 11.8. The molecule has 0 aromatic heterocycles. The van der Waals surface area contributed by atoms with Crippen molar-refractivity contribution in [1.82, 2.24) is 16.0 Å². The molecular formula is C17H26ClN3O4S. The van der Waals surface area contributed by atoms with Gasteiger partial charge in [-0.2, -0.15) is 0 Å². The number of benzene rings is 1. The van der Waals surface area contributed by atoms with E-state index in [1.807, 2.05) is 30.3 Å². The van der Waals surface area contributed by atoms with Crippen LogP contribution in [0.25, 0.3) is 0 Å². The summed E-state index contributed by atoms with van der Waals surface area (Å²) < 4.78 is 23.0. The maximum atomic E-state index is 12.7. The highest BCUT2D eigenvalue weighted by Gasteiger charge is 2.49. The Morgan fingerprint density at radius 3 is 2.31 bits per heavy atom. The van der Waals surface area contributed by atoms with Gasteiger partial charge in [0.1, 0.15) is 6.04 Å². The fraction of sp³-hybridized carbons (Fsp3) is 0.529. The number of sulfone groups is 1. The largest absolute Gasteiger partial charge is 0.350 e. The van der Waals surface area contributed by atoms with Gasteiger partial charge in [0.25, 0.3) is 0 Å². The van der Waals surface area contributed by atoms with Gasteiger partial charge in [0, 0.05) is 12.8 Å². The Bertz CT molecular complexity index is 719. The molecule has 1 aromatic rings. The van der Waals surface area contributed by atoms with E-state index in [1.165, 1.54) is 0 Å². The molecule has 0 spiro atoms. The Morgan fingerprint density at radius 2 is 1.77 bits per heavy atom. The van der Waals surface area contributed by atoms with E-state index >= 15 is 0 Å². The minimum Gasteiger partial charge on any atom is -0.350 e. The third-order valence-electron chi connectivity index (χ3n) is 4.59. The van der Waals surface area contributed by atoms with E-state index in [-0.39, 0.29) is 31.2 Å². The number of carbonyl (C=O) groups is 2. The monoisotopic (exact) mass is 403 g/mol. The Kier molecular flexibility index (Phi) is 8.05. The van der Waals surface area contributed by atoms with Crippen LogP contribution in [0.5, 0.6) is 0 Å². The highest BCUT2D eigenvalue weighted by Crippen LogP contribution is 2.28. The molecule has 0 radical (unpaired) electrons. The third kappa shape index (κ3) is 5.18. The molecule has 1 saturated heterocycles. The van der Waals surface area contributed by atoms with Gasteiger partial charge in [-0.25, -0.2) is 8.42 Å². The number of rotatable bonds is 6. The predicted molar refractivity (Wildman–Crippen MR) is 103 cm³/mol. The molecule has 1 unspecified atom stereocenters. The summed E-state index contributed by atoms with van der Waals surface area (Å²) in [5.41, 5.74) is 0.945. The first kappa shape index (κ1) is 22.4. The average molecular weight is 404 g/mol. The molecule has 26 heavy (non-hydrogen) atoms. The van der Waals surface area contributed by atoms with Crippen molar-refractivity contribution in [3.05, 3.63) is 35.9 Å². The summed E-state index contributed by atoms with van der Waals surface area (Å²) in [6.45, 7) is 2.81. The van der Waals surface area contributed by atoms with Crippen molar-refractivity contribution >= 4 is 34.1 Å². The highest BCUT2D eigenvalue weighted by molar-refractivity contribution is 7.92. The van der Waals surface area contributed by atoms with Crippen LogP contribution in [0.15, 0.2) is 30.3 Å². The van der Waals surface area contributed by atoms with Gasteiger partial charge < -0.3 is 16.0 Å². The van der Waals surface area contributed by atoms with Crippen LogP contribution in [-0.2, 0) is 26.0 Å². The van der Waals surface area contributed by atoms with E-state index < -0.39 is 26.5 Å². The molecule has 1 heterocycles. The van der Waals surface area contributed by atoms with E-state index in [2.05, 4.69) is 16.0 Å². The smallest absolute Gasteiger partial charge is 0.242 e. The summed E-state index contributed by atoms with van der Waals surface area (Å²) in [6, 6.07) is 8.59. The number of nitrogens with one attached hydrogen (secondary N) is 3. The van der Waals surface area contributed by atoms with Crippen LogP contribution in [-0.4, -0.2) is 50.4 Å². The maximum Gasteiger partial charge on any atom is 0.242 e. The van der Waals surface area contributed by atoms with Crippen LogP contribution in [0.2, 0.25) is 0 Å². The molecule has 0 aliphatic carbocycles. The first-order valence-corrected chi connectivity index (χ1v) is 10.2. The molecule has 146 valence electrons. The number of hydrogen-bond acceptors (Lipinski definition) is 5. The van der Waals surface area contributed by atoms with Gasteiger partial charge in [0.05, 0.1) is 0 Å². The average Bonchev–Trinajstić information content (AvgIpc) is 2.60. The normalized spacial score (nSPS) is 17.5. The molecule has 1 fully saturated rings. The SMILES string of the molecule is CC(NC(=O)C1(S(C)(=O)=O)CCNCC1)C(=O)NCc1ccccc1.Cl. The van der Waals surface area contributed by atoms with E-state index in [0.29, 0.717) is 19.6 Å². The van der Waals surface area contributed by atoms with Crippen molar-refractivity contribution in [3.8, 4) is 0 Å². The van der Waals surface area contributed by atoms with E-state index in [1.54, 1.807) is 6.92 Å². The lowest BCUT2D eigenvalue weighted by atomic mass is 9.95. The van der Waals surface area contributed by atoms with Gasteiger partial charge in [-0.15, -0.1) is 12.4 Å². The van der Waals surface area contributed by atoms with Crippen molar-refractivity contribution in [2.75, 3.05) is 19.3 Å². The lowest BCUT2D eigenvalue weighted by molar-refractivity contribution is -0.130. The lowest BCUT2D eigenvalue weighted by Crippen LogP contribution is -2.60. The highest BCUT2D eigenvalue weighted by atomic mass is 35.5. The van der Waals surface area contributed by atoms with Crippen LogP contribution in [0.3, 0.4) is 0 Å². The number of carbonyl (C=O) groups excluding carboxylic acids is 2. The van der Waals surface area contributed by atoms with Gasteiger partial charge in [0.15, 0.2) is 14.6 Å². The Labute approximate surface area is 160 Å². The van der Waals surface area contributed by atoms with Crippen molar-refractivity contribution in [3.63, 3.8) is 0 Å². The number of halogens is 1. The second kappa shape index (κ2) is 9.34. The fourth-order valence-electron chi connectivity index (χ4n) is 2.93. The zero-order valence-electron chi connectivity index (χ0n) is 14.9. The van der Waals surface area contributed by atoms with Gasteiger partial charge in [0.2, 0.25) is 11.8 Å². The molecular weight excluding hydrogens is 378 g/mol. The van der Waals surface area contributed by atoms with Crippen molar-refractivity contribution in [1.29, 1.82) is 0 Å². The summed E-state index contributed by atoms with van der Waals surface area (Å²) in [5.74, 6) is -0.950. The maximum absolute atomic E-state index is 12.7. The molecule has 7 nitrogen and oxygen atoms in total. The third-order valence-corrected chi connectivity index (χ3v) is 6.60. The summed E-state index contributed by atoms with van der Waals surface area (Å²) in [7, 11) is -3.60. The Hall–Kier alpha value is -1.64. The van der Waals surface area contributed by atoms with Crippen LogP contribution >= 0.6 is 12.4 Å². The lowest BCUT2D eigenvalue weighted by Gasteiger charge is -2.35. The van der Waals surface area contributed by atoms with E-state index in [9.17, 15) is 18.0 Å². The minimum absolute atomic E-state index is 0. The van der Waals surface area contributed by atoms with Gasteiger partial charge in [-0.1, -0.05) is 30.3 Å². The minimum atomic E-state index is -3.60. The molecule has 0 bridgehead atoms. The van der Waals surface area contributed by atoms with Gasteiger partial charge in [-0.3, -0.25) is 9.59 Å². The van der Waals surface area contributed by atoms with Crippen molar-refractivity contribution in [2.45, 2.75) is 37.1 Å². The van der Waals surface area contributed by atoms with E-state index in [0.717, 1.165) is 11.8 Å². The van der Waals surface area contributed by atoms with Crippen molar-refractivity contribution in [2.24, 2.45) is 0 Å². The predicted octanol–water partition coefficient (Wildman–Crippen LogP) is 0.396. The van der Waals surface area contributed by atoms with E-state index in [4.69, 9.17) is 0 Å². The molecule has 1 atom stereocenters. The van der Waals surface area contributed by atoms with Crippen LogP contribution < -0.4 is 16.0 Å². The van der Waals surface area contributed by atoms with Crippen LogP contribution in [0.4, 0.5) is 0 Å². The zero-order chi connectivity index (χ0) is 18.5. The first-order valence-electron chi connectivity index (χ1n) is 8.29. The molecule has 9 heteroatoms. The molecule has 1 aliphatic heterocycles. The standard InChI is InChI=1S/C17H25N3O4S.ClH/c1-13(15(21)19-12-14-6-4-3-5-7-14)20-16(22)17(25(2,23)24)8-10-18-11-9-17;/h3-7,13,18H,8-12H2,1-2H3,(H,19,21)(H,20,22);1H. The fourth-order valence-corrected chi connectivity index (χ4v) is 4.27.